The highest BCUT2D eigenvalue weighted by Gasteiger charge is 2.24. The van der Waals surface area contributed by atoms with Gasteiger partial charge in [0.2, 0.25) is 0 Å². The maximum Gasteiger partial charge on any atom is 0.0808 e. The summed E-state index contributed by atoms with van der Waals surface area (Å²) in [4.78, 5) is 0. The summed E-state index contributed by atoms with van der Waals surface area (Å²) in [5, 5.41) is 3.49. The van der Waals surface area contributed by atoms with Gasteiger partial charge in [0.1, 0.15) is 0 Å². The molecule has 3 nitrogen and oxygen atoms in total. The molecule has 0 aromatic carbocycles. The van der Waals surface area contributed by atoms with Crippen LogP contribution in [-0.4, -0.2) is 38.5 Å². The molecule has 17 heavy (non-hydrogen) atoms. The van der Waals surface area contributed by atoms with Crippen molar-refractivity contribution >= 4 is 0 Å². The molecule has 2 unspecified atom stereocenters. The molecule has 0 bridgehead atoms. The second-order valence-corrected chi connectivity index (χ2v) is 6.00. The molecular weight excluding hydrogens is 214 g/mol. The molecule has 2 atom stereocenters. The van der Waals surface area contributed by atoms with Gasteiger partial charge in [0.25, 0.3) is 0 Å². The molecule has 1 aliphatic rings. The number of nitrogens with one attached hydrogen (secondary N) is 1. The van der Waals surface area contributed by atoms with Crippen molar-refractivity contribution in [2.45, 2.75) is 59.1 Å². The van der Waals surface area contributed by atoms with Crippen molar-refractivity contribution in [3.63, 3.8) is 0 Å². The lowest BCUT2D eigenvalue weighted by Crippen LogP contribution is -2.44. The Morgan fingerprint density at radius 3 is 2.65 bits per heavy atom. The number of likely N-dealkylation sites (N-methyl/N-ethyl adjacent to an activating group) is 1. The van der Waals surface area contributed by atoms with Gasteiger partial charge in [-0.05, 0) is 31.2 Å². The third kappa shape index (κ3) is 5.84. The molecule has 0 aliphatic carbocycles. The highest BCUT2D eigenvalue weighted by molar-refractivity contribution is 4.80. The van der Waals surface area contributed by atoms with Crippen molar-refractivity contribution in [1.82, 2.24) is 5.32 Å². The third-order valence-corrected chi connectivity index (χ3v) is 3.36. The van der Waals surface area contributed by atoms with Crippen LogP contribution in [0.2, 0.25) is 0 Å². The Bertz CT molecular complexity index is 195. The molecular formula is C14H29NO2. The first-order valence-corrected chi connectivity index (χ1v) is 6.96. The third-order valence-electron chi connectivity index (χ3n) is 3.36. The molecule has 1 saturated heterocycles. The van der Waals surface area contributed by atoms with Gasteiger partial charge in [-0.25, -0.2) is 0 Å². The minimum absolute atomic E-state index is 0.240. The summed E-state index contributed by atoms with van der Waals surface area (Å²) in [6.07, 6.45) is 3.97. The molecule has 1 rings (SSSR count). The highest BCUT2D eigenvalue weighted by atomic mass is 16.5. The van der Waals surface area contributed by atoms with Crippen molar-refractivity contribution in [1.29, 1.82) is 0 Å². The Labute approximate surface area is 106 Å². The SMILES string of the molecule is CCNC(COCC1CCCCO1)C(C)(C)C. The van der Waals surface area contributed by atoms with Gasteiger partial charge in [0.05, 0.1) is 19.3 Å². The molecule has 1 heterocycles. The quantitative estimate of drug-likeness (QED) is 0.778. The number of ether oxygens (including phenoxy) is 2. The Kier molecular flexibility index (Phi) is 6.45. The predicted molar refractivity (Wildman–Crippen MR) is 71.3 cm³/mol. The van der Waals surface area contributed by atoms with Crippen LogP contribution < -0.4 is 5.32 Å². The smallest absolute Gasteiger partial charge is 0.0808 e. The largest absolute Gasteiger partial charge is 0.377 e. The van der Waals surface area contributed by atoms with Crippen LogP contribution in [0.25, 0.3) is 0 Å². The van der Waals surface area contributed by atoms with E-state index in [4.69, 9.17) is 9.47 Å². The topological polar surface area (TPSA) is 30.5 Å². The van der Waals surface area contributed by atoms with Crippen molar-refractivity contribution in [3.8, 4) is 0 Å². The van der Waals surface area contributed by atoms with E-state index in [1.807, 2.05) is 0 Å². The molecule has 0 aromatic heterocycles. The van der Waals surface area contributed by atoms with Gasteiger partial charge >= 0.3 is 0 Å². The fraction of sp³-hybridized carbons (Fsp3) is 1.00. The first-order chi connectivity index (χ1) is 8.04. The van der Waals surface area contributed by atoms with Gasteiger partial charge in [0.15, 0.2) is 0 Å². The van der Waals surface area contributed by atoms with E-state index in [1.165, 1.54) is 12.8 Å². The molecule has 0 spiro atoms. The van der Waals surface area contributed by atoms with Gasteiger partial charge in [-0.2, -0.15) is 0 Å². The standard InChI is InChI=1S/C14H29NO2/c1-5-15-13(14(2,3)4)11-16-10-12-8-6-7-9-17-12/h12-13,15H,5-11H2,1-4H3. The van der Waals surface area contributed by atoms with E-state index in [9.17, 15) is 0 Å². The second-order valence-electron chi connectivity index (χ2n) is 6.00. The van der Waals surface area contributed by atoms with Crippen molar-refractivity contribution < 1.29 is 9.47 Å². The van der Waals surface area contributed by atoms with E-state index in [1.54, 1.807) is 0 Å². The fourth-order valence-corrected chi connectivity index (χ4v) is 2.12. The number of hydrogen-bond donors (Lipinski definition) is 1. The first kappa shape index (κ1) is 14.9. The van der Waals surface area contributed by atoms with Crippen LogP contribution in [0.4, 0.5) is 0 Å². The predicted octanol–water partition coefficient (Wildman–Crippen LogP) is 2.60. The van der Waals surface area contributed by atoms with E-state index < -0.39 is 0 Å². The zero-order valence-electron chi connectivity index (χ0n) is 11.9. The van der Waals surface area contributed by atoms with E-state index in [0.717, 1.165) is 32.8 Å². The molecule has 0 radical (unpaired) electrons. The molecule has 0 amide bonds. The number of rotatable bonds is 6. The minimum Gasteiger partial charge on any atom is -0.377 e. The summed E-state index contributed by atoms with van der Waals surface area (Å²) in [6, 6.07) is 0.413. The highest BCUT2D eigenvalue weighted by Crippen LogP contribution is 2.20. The lowest BCUT2D eigenvalue weighted by molar-refractivity contribution is -0.0490. The van der Waals surface area contributed by atoms with Crippen LogP contribution in [0.15, 0.2) is 0 Å². The Hall–Kier alpha value is -0.120. The van der Waals surface area contributed by atoms with Crippen LogP contribution in [0.5, 0.6) is 0 Å². The average molecular weight is 243 g/mol. The van der Waals surface area contributed by atoms with Gasteiger partial charge < -0.3 is 14.8 Å². The Morgan fingerprint density at radius 2 is 2.12 bits per heavy atom. The zero-order valence-corrected chi connectivity index (χ0v) is 11.9. The lowest BCUT2D eigenvalue weighted by atomic mass is 9.87. The Balaban J connectivity index is 2.21. The maximum absolute atomic E-state index is 5.83. The molecule has 1 aliphatic heterocycles. The van der Waals surface area contributed by atoms with E-state index >= 15 is 0 Å². The van der Waals surface area contributed by atoms with Gasteiger partial charge in [-0.15, -0.1) is 0 Å². The van der Waals surface area contributed by atoms with Crippen molar-refractivity contribution in [2.75, 3.05) is 26.4 Å². The summed E-state index contributed by atoms with van der Waals surface area (Å²) < 4.78 is 11.5. The van der Waals surface area contributed by atoms with Gasteiger partial charge in [0, 0.05) is 12.6 Å². The summed E-state index contributed by atoms with van der Waals surface area (Å²) in [6.45, 7) is 12.3. The van der Waals surface area contributed by atoms with E-state index in [2.05, 4.69) is 33.0 Å². The molecule has 1 fully saturated rings. The lowest BCUT2D eigenvalue weighted by Gasteiger charge is -2.32. The van der Waals surface area contributed by atoms with Crippen molar-refractivity contribution in [3.05, 3.63) is 0 Å². The number of hydrogen-bond acceptors (Lipinski definition) is 3. The van der Waals surface area contributed by atoms with E-state index in [0.29, 0.717) is 12.1 Å². The molecule has 3 heteroatoms. The molecule has 0 saturated carbocycles. The van der Waals surface area contributed by atoms with Crippen LogP contribution in [0.1, 0.15) is 47.0 Å². The van der Waals surface area contributed by atoms with Crippen LogP contribution >= 0.6 is 0 Å². The maximum atomic E-state index is 5.83. The van der Waals surface area contributed by atoms with Crippen LogP contribution in [0, 0.1) is 5.41 Å². The second kappa shape index (κ2) is 7.34. The van der Waals surface area contributed by atoms with E-state index in [-0.39, 0.29) is 5.41 Å². The molecule has 1 N–H and O–H groups in total. The summed E-state index contributed by atoms with van der Waals surface area (Å²) in [5.41, 5.74) is 0.240. The molecule has 102 valence electrons. The summed E-state index contributed by atoms with van der Waals surface area (Å²) >= 11 is 0. The minimum atomic E-state index is 0.240. The first-order valence-electron chi connectivity index (χ1n) is 6.96. The van der Waals surface area contributed by atoms with Gasteiger partial charge in [-0.1, -0.05) is 27.7 Å². The zero-order chi connectivity index (χ0) is 12.7. The van der Waals surface area contributed by atoms with Crippen molar-refractivity contribution in [2.24, 2.45) is 5.41 Å². The average Bonchev–Trinajstić information content (AvgIpc) is 2.28. The fourth-order valence-electron chi connectivity index (χ4n) is 2.12. The van der Waals surface area contributed by atoms with Crippen LogP contribution in [-0.2, 0) is 9.47 Å². The summed E-state index contributed by atoms with van der Waals surface area (Å²) in [5.74, 6) is 0. The summed E-state index contributed by atoms with van der Waals surface area (Å²) in [7, 11) is 0. The monoisotopic (exact) mass is 243 g/mol. The Morgan fingerprint density at radius 1 is 1.35 bits per heavy atom. The molecule has 0 aromatic rings. The van der Waals surface area contributed by atoms with Gasteiger partial charge in [-0.3, -0.25) is 0 Å². The van der Waals surface area contributed by atoms with Crippen LogP contribution in [0.3, 0.4) is 0 Å². The normalized spacial score (nSPS) is 23.6.